The van der Waals surface area contributed by atoms with Gasteiger partial charge >= 0.3 is 0 Å². The van der Waals surface area contributed by atoms with Crippen molar-refractivity contribution in [2.24, 2.45) is 0 Å². The number of methoxy groups -OCH3 is 1. The predicted molar refractivity (Wildman–Crippen MR) is 82.1 cm³/mol. The van der Waals surface area contributed by atoms with Crippen molar-refractivity contribution in [3.8, 4) is 5.75 Å². The maximum Gasteiger partial charge on any atom is 0.122 e. The maximum atomic E-state index is 5.40. The van der Waals surface area contributed by atoms with Crippen LogP contribution in [-0.2, 0) is 0 Å². The Balaban J connectivity index is 2.99. The second kappa shape index (κ2) is 7.51. The van der Waals surface area contributed by atoms with Crippen molar-refractivity contribution in [3.63, 3.8) is 0 Å². The first-order valence-electron chi connectivity index (χ1n) is 6.98. The van der Waals surface area contributed by atoms with E-state index in [0.717, 1.165) is 12.3 Å². The maximum absolute atomic E-state index is 5.40. The van der Waals surface area contributed by atoms with E-state index < -0.39 is 0 Å². The quantitative estimate of drug-likeness (QED) is 0.766. The number of rotatable bonds is 7. The summed E-state index contributed by atoms with van der Waals surface area (Å²) in [4.78, 5) is 2.31. The summed E-state index contributed by atoms with van der Waals surface area (Å²) in [6.45, 7) is 5.40. The molecule has 1 aromatic rings. The fourth-order valence-corrected chi connectivity index (χ4v) is 2.56. The Morgan fingerprint density at radius 1 is 1.21 bits per heavy atom. The molecule has 0 amide bonds. The van der Waals surface area contributed by atoms with E-state index in [-0.39, 0.29) is 0 Å². The lowest BCUT2D eigenvalue weighted by Crippen LogP contribution is -2.22. The van der Waals surface area contributed by atoms with E-state index in [1.165, 1.54) is 29.5 Å². The lowest BCUT2D eigenvalue weighted by atomic mass is 9.93. The van der Waals surface area contributed by atoms with Crippen LogP contribution in [0.15, 0.2) is 12.1 Å². The van der Waals surface area contributed by atoms with Crippen LogP contribution in [0.5, 0.6) is 5.75 Å². The molecule has 0 aromatic heterocycles. The zero-order valence-electron chi connectivity index (χ0n) is 13.2. The minimum absolute atomic E-state index is 0.470. The molecular formula is C16H28N2O. The molecule has 0 aliphatic heterocycles. The Morgan fingerprint density at radius 3 is 2.42 bits per heavy atom. The molecule has 1 N–H and O–H groups in total. The summed E-state index contributed by atoms with van der Waals surface area (Å²) in [7, 11) is 8.05. The minimum atomic E-state index is 0.470. The van der Waals surface area contributed by atoms with Gasteiger partial charge in [0.1, 0.15) is 5.75 Å². The van der Waals surface area contributed by atoms with E-state index in [0.29, 0.717) is 6.04 Å². The fraction of sp³-hybridized carbons (Fsp3) is 0.625. The van der Waals surface area contributed by atoms with E-state index in [1.807, 2.05) is 7.05 Å². The van der Waals surface area contributed by atoms with Gasteiger partial charge in [0.2, 0.25) is 0 Å². The second-order valence-electron chi connectivity index (χ2n) is 5.33. The molecule has 0 aliphatic rings. The smallest absolute Gasteiger partial charge is 0.122 e. The molecule has 1 rings (SSSR count). The first kappa shape index (κ1) is 16.0. The number of nitrogens with zero attached hydrogens (tertiary/aromatic N) is 1. The highest BCUT2D eigenvalue weighted by Crippen LogP contribution is 2.31. The lowest BCUT2D eigenvalue weighted by molar-refractivity contribution is 0.277. The molecule has 0 saturated carbocycles. The van der Waals surface area contributed by atoms with Gasteiger partial charge in [-0.2, -0.15) is 0 Å². The Morgan fingerprint density at radius 2 is 1.89 bits per heavy atom. The van der Waals surface area contributed by atoms with Crippen molar-refractivity contribution in [2.75, 3.05) is 34.8 Å². The van der Waals surface area contributed by atoms with Gasteiger partial charge in [-0.3, -0.25) is 0 Å². The molecule has 3 nitrogen and oxygen atoms in total. The predicted octanol–water partition coefficient (Wildman–Crippen LogP) is 2.91. The lowest BCUT2D eigenvalue weighted by Gasteiger charge is -2.27. The minimum Gasteiger partial charge on any atom is -0.496 e. The Kier molecular flexibility index (Phi) is 6.32. The summed E-state index contributed by atoms with van der Waals surface area (Å²) in [6.07, 6.45) is 2.35. The van der Waals surface area contributed by atoms with E-state index in [9.17, 15) is 0 Å². The molecular weight excluding hydrogens is 236 g/mol. The van der Waals surface area contributed by atoms with Gasteiger partial charge in [0.25, 0.3) is 0 Å². The van der Waals surface area contributed by atoms with Crippen LogP contribution in [0.25, 0.3) is 0 Å². The molecule has 1 aromatic carbocycles. The zero-order chi connectivity index (χ0) is 14.4. The van der Waals surface area contributed by atoms with Crippen molar-refractivity contribution in [1.82, 2.24) is 10.2 Å². The summed E-state index contributed by atoms with van der Waals surface area (Å²) in [5, 5.41) is 3.22. The molecule has 0 heterocycles. The molecule has 0 fully saturated rings. The molecule has 0 aliphatic carbocycles. The Bertz CT molecular complexity index is 402. The number of hydrogen-bond acceptors (Lipinski definition) is 3. The van der Waals surface area contributed by atoms with Crippen LogP contribution in [-0.4, -0.2) is 39.7 Å². The van der Waals surface area contributed by atoms with E-state index in [2.05, 4.69) is 50.3 Å². The topological polar surface area (TPSA) is 24.5 Å². The van der Waals surface area contributed by atoms with Crippen LogP contribution in [0.4, 0.5) is 0 Å². The summed E-state index contributed by atoms with van der Waals surface area (Å²) < 4.78 is 5.40. The molecule has 1 atom stereocenters. The zero-order valence-corrected chi connectivity index (χ0v) is 13.2. The average Bonchev–Trinajstić information content (AvgIpc) is 2.38. The Labute approximate surface area is 118 Å². The summed E-state index contributed by atoms with van der Waals surface area (Å²) in [5.74, 6) is 0.981. The van der Waals surface area contributed by atoms with Gasteiger partial charge in [-0.25, -0.2) is 0 Å². The highest BCUT2D eigenvalue weighted by atomic mass is 16.5. The van der Waals surface area contributed by atoms with E-state index in [1.54, 1.807) is 7.11 Å². The molecule has 0 bridgehead atoms. The van der Waals surface area contributed by atoms with Crippen LogP contribution in [0.3, 0.4) is 0 Å². The SMILES string of the molecule is CNCCCC(c1ccc(OC)c(C)c1C)N(C)C. The van der Waals surface area contributed by atoms with Gasteiger partial charge in [0, 0.05) is 6.04 Å². The third-order valence-electron chi connectivity index (χ3n) is 3.89. The fourth-order valence-electron chi connectivity index (χ4n) is 2.56. The van der Waals surface area contributed by atoms with Crippen LogP contribution in [0, 0.1) is 13.8 Å². The van der Waals surface area contributed by atoms with Crippen molar-refractivity contribution in [1.29, 1.82) is 0 Å². The molecule has 3 heteroatoms. The van der Waals surface area contributed by atoms with Gasteiger partial charge in [0.05, 0.1) is 7.11 Å². The highest BCUT2D eigenvalue weighted by Gasteiger charge is 2.18. The number of hydrogen-bond donors (Lipinski definition) is 1. The van der Waals surface area contributed by atoms with Crippen LogP contribution < -0.4 is 10.1 Å². The van der Waals surface area contributed by atoms with Crippen LogP contribution in [0.1, 0.15) is 35.6 Å². The normalized spacial score (nSPS) is 12.8. The number of benzene rings is 1. The van der Waals surface area contributed by atoms with E-state index >= 15 is 0 Å². The number of nitrogens with one attached hydrogen (secondary N) is 1. The molecule has 1 unspecified atom stereocenters. The van der Waals surface area contributed by atoms with Gasteiger partial charge in [-0.05, 0) is 77.1 Å². The molecule has 0 radical (unpaired) electrons. The summed E-state index contributed by atoms with van der Waals surface area (Å²) >= 11 is 0. The van der Waals surface area contributed by atoms with Crippen molar-refractivity contribution >= 4 is 0 Å². The van der Waals surface area contributed by atoms with Crippen LogP contribution >= 0.6 is 0 Å². The third kappa shape index (κ3) is 3.95. The monoisotopic (exact) mass is 264 g/mol. The third-order valence-corrected chi connectivity index (χ3v) is 3.89. The van der Waals surface area contributed by atoms with Gasteiger partial charge in [-0.15, -0.1) is 0 Å². The molecule has 108 valence electrons. The van der Waals surface area contributed by atoms with Gasteiger partial charge < -0.3 is 15.0 Å². The molecule has 19 heavy (non-hydrogen) atoms. The first-order chi connectivity index (χ1) is 9.02. The molecule has 0 saturated heterocycles. The van der Waals surface area contributed by atoms with Gasteiger partial charge in [0.15, 0.2) is 0 Å². The molecule has 0 spiro atoms. The Hall–Kier alpha value is -1.06. The van der Waals surface area contributed by atoms with Crippen LogP contribution in [0.2, 0.25) is 0 Å². The first-order valence-corrected chi connectivity index (χ1v) is 6.98. The summed E-state index contributed by atoms with van der Waals surface area (Å²) in [6, 6.07) is 4.77. The number of ether oxygens (including phenoxy) is 1. The average molecular weight is 264 g/mol. The van der Waals surface area contributed by atoms with Gasteiger partial charge in [-0.1, -0.05) is 6.07 Å². The largest absolute Gasteiger partial charge is 0.496 e. The highest BCUT2D eigenvalue weighted by molar-refractivity contribution is 5.44. The van der Waals surface area contributed by atoms with Crippen molar-refractivity contribution in [3.05, 3.63) is 28.8 Å². The second-order valence-corrected chi connectivity index (χ2v) is 5.33. The van der Waals surface area contributed by atoms with Crippen molar-refractivity contribution < 1.29 is 4.74 Å². The summed E-state index contributed by atoms with van der Waals surface area (Å²) in [5.41, 5.74) is 4.02. The van der Waals surface area contributed by atoms with E-state index in [4.69, 9.17) is 4.74 Å². The van der Waals surface area contributed by atoms with Crippen molar-refractivity contribution in [2.45, 2.75) is 32.7 Å². The standard InChI is InChI=1S/C16H28N2O/c1-12-13(2)16(19-6)10-9-14(12)15(18(4)5)8-7-11-17-3/h9-10,15,17H,7-8,11H2,1-6H3.